The molecular weight excluding hydrogens is 224 g/mol. The van der Waals surface area contributed by atoms with E-state index in [1.807, 2.05) is 19.9 Å². The summed E-state index contributed by atoms with van der Waals surface area (Å²) in [6.07, 6.45) is 1.94. The molecular formula is C15H24N2O. The van der Waals surface area contributed by atoms with Crippen LogP contribution in [0.1, 0.15) is 38.3 Å². The molecule has 0 bridgehead atoms. The van der Waals surface area contributed by atoms with Gasteiger partial charge in [0.15, 0.2) is 0 Å². The lowest BCUT2D eigenvalue weighted by atomic mass is 9.91. The molecule has 0 aromatic heterocycles. The Hall–Kier alpha value is -1.06. The van der Waals surface area contributed by atoms with Gasteiger partial charge in [0, 0.05) is 24.8 Å². The van der Waals surface area contributed by atoms with Crippen LogP contribution in [-0.4, -0.2) is 24.3 Å². The molecule has 18 heavy (non-hydrogen) atoms. The summed E-state index contributed by atoms with van der Waals surface area (Å²) < 4.78 is 0. The number of rotatable bonds is 3. The van der Waals surface area contributed by atoms with Crippen molar-refractivity contribution >= 4 is 5.69 Å². The Kier molecular flexibility index (Phi) is 4.25. The van der Waals surface area contributed by atoms with Gasteiger partial charge >= 0.3 is 0 Å². The Morgan fingerprint density at radius 1 is 1.22 bits per heavy atom. The fourth-order valence-electron chi connectivity index (χ4n) is 2.78. The van der Waals surface area contributed by atoms with E-state index in [0.717, 1.165) is 25.9 Å². The molecule has 2 rings (SSSR count). The molecule has 1 aliphatic rings. The molecule has 0 amide bonds. The van der Waals surface area contributed by atoms with Crippen LogP contribution in [0.15, 0.2) is 24.3 Å². The van der Waals surface area contributed by atoms with Gasteiger partial charge in [0.2, 0.25) is 0 Å². The van der Waals surface area contributed by atoms with Gasteiger partial charge in [0.05, 0.1) is 6.10 Å². The summed E-state index contributed by atoms with van der Waals surface area (Å²) in [5, 5.41) is 9.64. The maximum Gasteiger partial charge on any atom is 0.0541 e. The molecule has 2 atom stereocenters. The minimum absolute atomic E-state index is 0.0655. The Labute approximate surface area is 110 Å². The van der Waals surface area contributed by atoms with Crippen molar-refractivity contribution in [3.05, 3.63) is 29.8 Å². The fourth-order valence-corrected chi connectivity index (χ4v) is 2.78. The zero-order valence-corrected chi connectivity index (χ0v) is 11.3. The lowest BCUT2D eigenvalue weighted by Crippen LogP contribution is -2.37. The summed E-state index contributed by atoms with van der Waals surface area (Å²) >= 11 is 0. The second-order valence-corrected chi connectivity index (χ2v) is 5.41. The fraction of sp³-hybridized carbons (Fsp3) is 0.600. The first-order valence-corrected chi connectivity index (χ1v) is 6.87. The van der Waals surface area contributed by atoms with Crippen molar-refractivity contribution in [3.63, 3.8) is 0 Å². The Bertz CT molecular complexity index is 382. The first kappa shape index (κ1) is 13.4. The largest absolute Gasteiger partial charge is 0.393 e. The smallest absolute Gasteiger partial charge is 0.0541 e. The lowest BCUT2D eigenvalue weighted by molar-refractivity contribution is 0.110. The summed E-state index contributed by atoms with van der Waals surface area (Å²) in [6, 6.07) is 8.45. The normalized spacial score (nSPS) is 20.8. The molecule has 1 aromatic carbocycles. The molecule has 1 fully saturated rings. The third kappa shape index (κ3) is 2.85. The van der Waals surface area contributed by atoms with Gasteiger partial charge in [-0.1, -0.05) is 18.2 Å². The summed E-state index contributed by atoms with van der Waals surface area (Å²) in [6.45, 7) is 5.95. The van der Waals surface area contributed by atoms with Gasteiger partial charge in [-0.2, -0.15) is 0 Å². The Morgan fingerprint density at radius 3 is 2.39 bits per heavy atom. The quantitative estimate of drug-likeness (QED) is 0.863. The molecule has 1 heterocycles. The van der Waals surface area contributed by atoms with E-state index in [9.17, 15) is 5.11 Å². The highest BCUT2D eigenvalue weighted by Gasteiger charge is 2.24. The van der Waals surface area contributed by atoms with Crippen LogP contribution in [0, 0.1) is 5.92 Å². The predicted molar refractivity (Wildman–Crippen MR) is 75.7 cm³/mol. The highest BCUT2D eigenvalue weighted by molar-refractivity contribution is 5.55. The number of nitrogens with zero attached hydrogens (tertiary/aromatic N) is 1. The molecule has 0 aliphatic carbocycles. The van der Waals surface area contributed by atoms with Gasteiger partial charge in [-0.3, -0.25) is 0 Å². The summed E-state index contributed by atoms with van der Waals surface area (Å²) in [4.78, 5) is 2.40. The number of aliphatic hydroxyl groups excluding tert-OH is 1. The number of hydrogen-bond donors (Lipinski definition) is 2. The zero-order chi connectivity index (χ0) is 13.1. The molecule has 3 nitrogen and oxygen atoms in total. The maximum atomic E-state index is 9.64. The molecule has 3 heteroatoms. The zero-order valence-electron chi connectivity index (χ0n) is 11.3. The third-order valence-electron chi connectivity index (χ3n) is 3.99. The average molecular weight is 248 g/mol. The third-order valence-corrected chi connectivity index (χ3v) is 3.99. The average Bonchev–Trinajstić information content (AvgIpc) is 2.39. The van der Waals surface area contributed by atoms with E-state index in [-0.39, 0.29) is 12.1 Å². The topological polar surface area (TPSA) is 49.5 Å². The molecule has 0 radical (unpaired) electrons. The second-order valence-electron chi connectivity index (χ2n) is 5.41. The molecule has 0 saturated carbocycles. The van der Waals surface area contributed by atoms with Crippen molar-refractivity contribution in [1.29, 1.82) is 0 Å². The van der Waals surface area contributed by atoms with Crippen molar-refractivity contribution in [2.75, 3.05) is 18.0 Å². The van der Waals surface area contributed by atoms with E-state index in [0.29, 0.717) is 5.92 Å². The van der Waals surface area contributed by atoms with E-state index >= 15 is 0 Å². The number of piperidine rings is 1. The molecule has 1 aliphatic heterocycles. The van der Waals surface area contributed by atoms with Crippen LogP contribution in [0.2, 0.25) is 0 Å². The molecule has 1 aromatic rings. The van der Waals surface area contributed by atoms with Gasteiger partial charge in [0.25, 0.3) is 0 Å². The highest BCUT2D eigenvalue weighted by atomic mass is 16.3. The van der Waals surface area contributed by atoms with Gasteiger partial charge in [0.1, 0.15) is 0 Å². The highest BCUT2D eigenvalue weighted by Crippen LogP contribution is 2.29. The molecule has 100 valence electrons. The monoisotopic (exact) mass is 248 g/mol. The molecule has 0 spiro atoms. The van der Waals surface area contributed by atoms with Crippen molar-refractivity contribution in [1.82, 2.24) is 0 Å². The summed E-state index contributed by atoms with van der Waals surface area (Å²) in [7, 11) is 0. The van der Waals surface area contributed by atoms with Crippen molar-refractivity contribution in [2.24, 2.45) is 11.7 Å². The van der Waals surface area contributed by atoms with Crippen LogP contribution in [-0.2, 0) is 0 Å². The van der Waals surface area contributed by atoms with E-state index in [1.165, 1.54) is 11.3 Å². The number of benzene rings is 1. The first-order chi connectivity index (χ1) is 8.59. The predicted octanol–water partition coefficient (Wildman–Crippen LogP) is 2.30. The molecule has 1 unspecified atom stereocenters. The van der Waals surface area contributed by atoms with Crippen LogP contribution < -0.4 is 10.6 Å². The van der Waals surface area contributed by atoms with Crippen molar-refractivity contribution in [3.8, 4) is 0 Å². The summed E-state index contributed by atoms with van der Waals surface area (Å²) in [5.41, 5.74) is 8.51. The molecule has 3 N–H and O–H groups in total. The van der Waals surface area contributed by atoms with Crippen LogP contribution in [0.4, 0.5) is 5.69 Å². The van der Waals surface area contributed by atoms with Crippen LogP contribution in [0.3, 0.4) is 0 Å². The second kappa shape index (κ2) is 5.72. The number of aliphatic hydroxyl groups is 1. The van der Waals surface area contributed by atoms with Crippen LogP contribution in [0.5, 0.6) is 0 Å². The maximum absolute atomic E-state index is 9.64. The standard InChI is InChI=1S/C15H24N2O/c1-11(16)14-5-3-4-6-15(14)17-9-7-13(8-10-17)12(2)18/h3-6,11-13,18H,7-10,16H2,1-2H3/t11-,12?/m1/s1. The van der Waals surface area contributed by atoms with Crippen molar-refractivity contribution < 1.29 is 5.11 Å². The van der Waals surface area contributed by atoms with Gasteiger partial charge in [-0.25, -0.2) is 0 Å². The SMILES string of the molecule is CC(O)C1CCN(c2ccccc2[C@@H](C)N)CC1. The molecule has 1 saturated heterocycles. The van der Waals surface area contributed by atoms with Crippen molar-refractivity contribution in [2.45, 2.75) is 38.8 Å². The first-order valence-electron chi connectivity index (χ1n) is 6.87. The van der Waals surface area contributed by atoms with Crippen LogP contribution in [0.25, 0.3) is 0 Å². The van der Waals surface area contributed by atoms with E-state index in [4.69, 9.17) is 5.73 Å². The van der Waals surface area contributed by atoms with Gasteiger partial charge in [-0.15, -0.1) is 0 Å². The van der Waals surface area contributed by atoms with Gasteiger partial charge < -0.3 is 15.7 Å². The van der Waals surface area contributed by atoms with Gasteiger partial charge in [-0.05, 0) is 44.2 Å². The van der Waals surface area contributed by atoms with Crippen LogP contribution >= 0.6 is 0 Å². The number of nitrogens with two attached hydrogens (primary N) is 1. The Morgan fingerprint density at radius 2 is 1.83 bits per heavy atom. The van der Waals surface area contributed by atoms with E-state index in [1.54, 1.807) is 0 Å². The Balaban J connectivity index is 2.10. The van der Waals surface area contributed by atoms with E-state index in [2.05, 4.69) is 23.1 Å². The minimum Gasteiger partial charge on any atom is -0.393 e. The number of hydrogen-bond acceptors (Lipinski definition) is 3. The number of para-hydroxylation sites is 1. The van der Waals surface area contributed by atoms with E-state index < -0.39 is 0 Å². The lowest BCUT2D eigenvalue weighted by Gasteiger charge is -2.36. The minimum atomic E-state index is -0.184. The summed E-state index contributed by atoms with van der Waals surface area (Å²) in [5.74, 6) is 0.448. The number of anilines is 1.